The second-order valence-corrected chi connectivity index (χ2v) is 8.57. The average Bonchev–Trinajstić information content (AvgIpc) is 2.94. The topological polar surface area (TPSA) is 74.4 Å². The van der Waals surface area contributed by atoms with E-state index in [0.717, 1.165) is 48.0 Å². The molecular formula is C22H31N3O3. The van der Waals surface area contributed by atoms with Gasteiger partial charge in [-0.3, -0.25) is 4.79 Å². The van der Waals surface area contributed by atoms with Crippen LogP contribution in [0.4, 0.5) is 4.79 Å². The summed E-state index contributed by atoms with van der Waals surface area (Å²) in [7, 11) is 0. The Bertz CT molecular complexity index is 850. The summed E-state index contributed by atoms with van der Waals surface area (Å²) in [6.45, 7) is 8.69. The number of alkyl carbamates (subject to hydrolysis) is 1. The van der Waals surface area contributed by atoms with Crippen LogP contribution in [-0.2, 0) is 16.0 Å². The van der Waals surface area contributed by atoms with Crippen molar-refractivity contribution in [2.24, 2.45) is 0 Å². The lowest BCUT2D eigenvalue weighted by Crippen LogP contribution is -2.50. The van der Waals surface area contributed by atoms with E-state index in [2.05, 4.69) is 16.4 Å². The number of hydrogen-bond donors (Lipinski definition) is 2. The Morgan fingerprint density at radius 2 is 2.00 bits per heavy atom. The number of para-hydroxylation sites is 1. The molecule has 0 radical (unpaired) electrons. The van der Waals surface area contributed by atoms with Gasteiger partial charge in [-0.2, -0.15) is 0 Å². The normalized spacial score (nSPS) is 17.6. The number of nitrogens with zero attached hydrogens (tertiary/aromatic N) is 1. The molecule has 6 heteroatoms. The number of nitrogens with one attached hydrogen (secondary N) is 2. The van der Waals surface area contributed by atoms with E-state index in [4.69, 9.17) is 4.74 Å². The first kappa shape index (κ1) is 20.2. The Kier molecular flexibility index (Phi) is 5.96. The lowest BCUT2D eigenvalue weighted by molar-refractivity contribution is -0.134. The first-order valence-corrected chi connectivity index (χ1v) is 10.1. The van der Waals surface area contributed by atoms with Gasteiger partial charge in [0.05, 0.1) is 6.42 Å². The fraction of sp³-hybridized carbons (Fsp3) is 0.545. The number of ether oxygens (including phenoxy) is 1. The van der Waals surface area contributed by atoms with Crippen LogP contribution in [0.25, 0.3) is 10.9 Å². The van der Waals surface area contributed by atoms with Crippen molar-refractivity contribution in [3.05, 3.63) is 35.5 Å². The molecule has 1 aliphatic heterocycles. The van der Waals surface area contributed by atoms with Gasteiger partial charge in [0.1, 0.15) is 5.60 Å². The SMILES string of the molecule is Cc1[nH]c2ccccc2c1CC(=O)N1CCCCC1CNC(=O)OC(C)(C)C. The highest BCUT2D eigenvalue weighted by molar-refractivity contribution is 5.90. The van der Waals surface area contributed by atoms with Gasteiger partial charge < -0.3 is 19.9 Å². The molecule has 1 fully saturated rings. The van der Waals surface area contributed by atoms with Crippen molar-refractivity contribution in [3.8, 4) is 0 Å². The van der Waals surface area contributed by atoms with Gasteiger partial charge in [0, 0.05) is 35.7 Å². The van der Waals surface area contributed by atoms with E-state index in [1.807, 2.05) is 50.8 Å². The van der Waals surface area contributed by atoms with Crippen LogP contribution in [0.3, 0.4) is 0 Å². The molecule has 0 aliphatic carbocycles. The standard InChI is InChI=1S/C22H31N3O3/c1-15-18(17-10-5-6-11-19(17)24-15)13-20(26)25-12-8-7-9-16(25)14-23-21(27)28-22(2,3)4/h5-6,10-11,16,24H,7-9,12-14H2,1-4H3,(H,23,27). The highest BCUT2D eigenvalue weighted by Crippen LogP contribution is 2.24. The number of piperidine rings is 1. The van der Waals surface area contributed by atoms with E-state index in [-0.39, 0.29) is 11.9 Å². The Balaban J connectivity index is 1.67. The second-order valence-electron chi connectivity index (χ2n) is 8.57. The lowest BCUT2D eigenvalue weighted by atomic mass is 10.00. The van der Waals surface area contributed by atoms with Crippen LogP contribution < -0.4 is 5.32 Å². The molecule has 152 valence electrons. The van der Waals surface area contributed by atoms with Crippen molar-refractivity contribution >= 4 is 22.9 Å². The van der Waals surface area contributed by atoms with Gasteiger partial charge in [0.2, 0.25) is 5.91 Å². The second kappa shape index (κ2) is 8.25. The average molecular weight is 386 g/mol. The van der Waals surface area contributed by atoms with Gasteiger partial charge >= 0.3 is 6.09 Å². The van der Waals surface area contributed by atoms with Crippen molar-refractivity contribution in [1.82, 2.24) is 15.2 Å². The predicted octanol–water partition coefficient (Wildman–Crippen LogP) is 3.92. The Hall–Kier alpha value is -2.50. The number of likely N-dealkylation sites (tertiary alicyclic amines) is 1. The molecule has 28 heavy (non-hydrogen) atoms. The molecule has 1 saturated heterocycles. The number of aromatic amines is 1. The number of benzene rings is 1. The maximum absolute atomic E-state index is 13.1. The maximum atomic E-state index is 13.1. The minimum absolute atomic E-state index is 0.0132. The maximum Gasteiger partial charge on any atom is 0.407 e. The largest absolute Gasteiger partial charge is 0.444 e. The molecule has 1 unspecified atom stereocenters. The summed E-state index contributed by atoms with van der Waals surface area (Å²) >= 11 is 0. The molecule has 1 aromatic carbocycles. The summed E-state index contributed by atoms with van der Waals surface area (Å²) in [5.74, 6) is 0.114. The number of fused-ring (bicyclic) bond motifs is 1. The molecule has 2 aromatic rings. The zero-order valence-corrected chi connectivity index (χ0v) is 17.3. The molecular weight excluding hydrogens is 354 g/mol. The van der Waals surface area contributed by atoms with E-state index in [1.54, 1.807) is 0 Å². The summed E-state index contributed by atoms with van der Waals surface area (Å²) in [6, 6.07) is 8.09. The number of rotatable bonds is 4. The molecule has 3 rings (SSSR count). The van der Waals surface area contributed by atoms with Crippen molar-refractivity contribution in [2.45, 2.75) is 65.0 Å². The van der Waals surface area contributed by atoms with E-state index < -0.39 is 11.7 Å². The third kappa shape index (κ3) is 4.86. The number of aromatic nitrogens is 1. The predicted molar refractivity (Wildman–Crippen MR) is 110 cm³/mol. The summed E-state index contributed by atoms with van der Waals surface area (Å²) in [6.07, 6.45) is 2.91. The Labute approximate surface area is 166 Å². The van der Waals surface area contributed by atoms with Gasteiger partial charge in [0.25, 0.3) is 0 Å². The van der Waals surface area contributed by atoms with Crippen LogP contribution in [0, 0.1) is 6.92 Å². The van der Waals surface area contributed by atoms with Crippen molar-refractivity contribution < 1.29 is 14.3 Å². The Morgan fingerprint density at radius 1 is 1.25 bits per heavy atom. The first-order chi connectivity index (χ1) is 13.2. The van der Waals surface area contributed by atoms with E-state index in [0.29, 0.717) is 13.0 Å². The highest BCUT2D eigenvalue weighted by atomic mass is 16.6. The molecule has 1 aromatic heterocycles. The summed E-state index contributed by atoms with van der Waals surface area (Å²) in [5, 5.41) is 3.94. The van der Waals surface area contributed by atoms with Crippen LogP contribution in [0.15, 0.2) is 24.3 Å². The number of hydrogen-bond acceptors (Lipinski definition) is 3. The number of carbonyl (C=O) groups excluding carboxylic acids is 2. The quantitative estimate of drug-likeness (QED) is 0.837. The van der Waals surface area contributed by atoms with Gasteiger partial charge in [-0.1, -0.05) is 18.2 Å². The Morgan fingerprint density at radius 3 is 2.75 bits per heavy atom. The van der Waals surface area contributed by atoms with Gasteiger partial charge in [-0.15, -0.1) is 0 Å². The summed E-state index contributed by atoms with van der Waals surface area (Å²) in [4.78, 5) is 30.4. The molecule has 2 heterocycles. The van der Waals surface area contributed by atoms with Crippen LogP contribution in [0.1, 0.15) is 51.3 Å². The molecule has 0 spiro atoms. The molecule has 1 atom stereocenters. The fourth-order valence-corrected chi connectivity index (χ4v) is 3.87. The minimum atomic E-state index is -0.529. The smallest absolute Gasteiger partial charge is 0.407 e. The van der Waals surface area contributed by atoms with Crippen LogP contribution in [-0.4, -0.2) is 46.6 Å². The molecule has 2 N–H and O–H groups in total. The van der Waals surface area contributed by atoms with E-state index >= 15 is 0 Å². The van der Waals surface area contributed by atoms with Crippen molar-refractivity contribution in [1.29, 1.82) is 0 Å². The monoisotopic (exact) mass is 385 g/mol. The molecule has 0 bridgehead atoms. The molecule has 6 nitrogen and oxygen atoms in total. The number of amides is 2. The highest BCUT2D eigenvalue weighted by Gasteiger charge is 2.28. The van der Waals surface area contributed by atoms with Crippen LogP contribution in [0.2, 0.25) is 0 Å². The van der Waals surface area contributed by atoms with Crippen molar-refractivity contribution in [2.75, 3.05) is 13.1 Å². The number of aryl methyl sites for hydroxylation is 1. The van der Waals surface area contributed by atoms with Gasteiger partial charge in [0.15, 0.2) is 0 Å². The van der Waals surface area contributed by atoms with Gasteiger partial charge in [-0.25, -0.2) is 4.79 Å². The van der Waals surface area contributed by atoms with Gasteiger partial charge in [-0.05, 0) is 58.6 Å². The first-order valence-electron chi connectivity index (χ1n) is 10.1. The zero-order valence-electron chi connectivity index (χ0n) is 17.3. The molecule has 2 amide bonds. The third-order valence-corrected chi connectivity index (χ3v) is 5.18. The lowest BCUT2D eigenvalue weighted by Gasteiger charge is -2.36. The van der Waals surface area contributed by atoms with Crippen molar-refractivity contribution in [3.63, 3.8) is 0 Å². The zero-order chi connectivity index (χ0) is 20.3. The minimum Gasteiger partial charge on any atom is -0.444 e. The molecule has 0 saturated carbocycles. The van der Waals surface area contributed by atoms with E-state index in [1.165, 1.54) is 0 Å². The molecule has 1 aliphatic rings. The summed E-state index contributed by atoms with van der Waals surface area (Å²) in [5.41, 5.74) is 2.63. The van der Waals surface area contributed by atoms with Crippen LogP contribution >= 0.6 is 0 Å². The summed E-state index contributed by atoms with van der Waals surface area (Å²) < 4.78 is 5.32. The van der Waals surface area contributed by atoms with Crippen LogP contribution in [0.5, 0.6) is 0 Å². The van der Waals surface area contributed by atoms with E-state index in [9.17, 15) is 9.59 Å². The number of carbonyl (C=O) groups is 2. The third-order valence-electron chi connectivity index (χ3n) is 5.18. The fourth-order valence-electron chi connectivity index (χ4n) is 3.87. The number of H-pyrrole nitrogens is 1.